The molecule has 25 heavy (non-hydrogen) atoms. The molecule has 0 bridgehead atoms. The Morgan fingerprint density at radius 2 is 1.20 bits per heavy atom. The number of unbranched alkanes of at least 4 members (excludes halogenated alkanes) is 13. The van der Waals surface area contributed by atoms with Gasteiger partial charge in [0, 0.05) is 6.54 Å². The first-order valence-corrected chi connectivity index (χ1v) is 10.7. The molecule has 1 aromatic carbocycles. The molecule has 1 heterocycles. The highest BCUT2D eigenvalue weighted by atomic mass is 15.4. The van der Waals surface area contributed by atoms with Crippen molar-refractivity contribution < 1.29 is 0 Å². The number of aromatic nitrogens is 3. The molecule has 0 aliphatic carbocycles. The Labute approximate surface area is 154 Å². The summed E-state index contributed by atoms with van der Waals surface area (Å²) in [5, 5.41) is 8.48. The van der Waals surface area contributed by atoms with E-state index in [9.17, 15) is 0 Å². The first-order valence-electron chi connectivity index (χ1n) is 10.7. The highest BCUT2D eigenvalue weighted by Gasteiger charge is 2.02. The minimum absolute atomic E-state index is 0.999. The minimum atomic E-state index is 0.999. The topological polar surface area (TPSA) is 30.7 Å². The van der Waals surface area contributed by atoms with Gasteiger partial charge in [0.05, 0.1) is 5.52 Å². The quantitative estimate of drug-likeness (QED) is 0.329. The third-order valence-electron chi connectivity index (χ3n) is 5.14. The van der Waals surface area contributed by atoms with E-state index in [1.54, 1.807) is 0 Å². The molecule has 0 aliphatic rings. The van der Waals surface area contributed by atoms with Gasteiger partial charge in [0.25, 0.3) is 0 Å². The van der Waals surface area contributed by atoms with Crippen LogP contribution in [0.15, 0.2) is 24.3 Å². The Morgan fingerprint density at radius 1 is 0.680 bits per heavy atom. The van der Waals surface area contributed by atoms with E-state index in [1.165, 1.54) is 89.9 Å². The van der Waals surface area contributed by atoms with Gasteiger partial charge in [0.1, 0.15) is 5.52 Å². The zero-order valence-corrected chi connectivity index (χ0v) is 16.3. The fourth-order valence-corrected chi connectivity index (χ4v) is 3.54. The maximum atomic E-state index is 4.26. The molecule has 3 nitrogen and oxygen atoms in total. The van der Waals surface area contributed by atoms with Crippen LogP contribution in [0.4, 0.5) is 0 Å². The molecule has 0 unspecified atom stereocenters. The number of rotatable bonds is 15. The van der Waals surface area contributed by atoms with E-state index in [2.05, 4.69) is 34.1 Å². The van der Waals surface area contributed by atoms with Crippen LogP contribution in [0.2, 0.25) is 0 Å². The van der Waals surface area contributed by atoms with Crippen LogP contribution in [-0.2, 0) is 6.54 Å². The lowest BCUT2D eigenvalue weighted by Gasteiger charge is -2.04. The van der Waals surface area contributed by atoms with Crippen LogP contribution in [0.25, 0.3) is 11.0 Å². The minimum Gasteiger partial charge on any atom is -0.245 e. The summed E-state index contributed by atoms with van der Waals surface area (Å²) in [4.78, 5) is 0. The zero-order valence-electron chi connectivity index (χ0n) is 16.3. The second kappa shape index (κ2) is 12.9. The summed E-state index contributed by atoms with van der Waals surface area (Å²) < 4.78 is 2.05. The first-order chi connectivity index (χ1) is 12.4. The summed E-state index contributed by atoms with van der Waals surface area (Å²) in [5.41, 5.74) is 2.17. The van der Waals surface area contributed by atoms with E-state index < -0.39 is 0 Å². The van der Waals surface area contributed by atoms with Crippen molar-refractivity contribution in [1.82, 2.24) is 15.0 Å². The monoisotopic (exact) mass is 343 g/mol. The molecule has 0 spiro atoms. The lowest BCUT2D eigenvalue weighted by Crippen LogP contribution is -2.00. The van der Waals surface area contributed by atoms with Crippen LogP contribution in [-0.4, -0.2) is 15.0 Å². The lowest BCUT2D eigenvalue weighted by atomic mass is 10.0. The molecule has 0 saturated heterocycles. The number of fused-ring (bicyclic) bond motifs is 1. The van der Waals surface area contributed by atoms with Crippen molar-refractivity contribution in [2.75, 3.05) is 0 Å². The van der Waals surface area contributed by atoms with E-state index in [-0.39, 0.29) is 0 Å². The number of benzene rings is 1. The van der Waals surface area contributed by atoms with Crippen molar-refractivity contribution >= 4 is 11.0 Å². The largest absolute Gasteiger partial charge is 0.245 e. The van der Waals surface area contributed by atoms with Gasteiger partial charge in [-0.2, -0.15) is 0 Å². The Bertz CT molecular complexity index is 561. The number of para-hydroxylation sites is 1. The molecule has 0 radical (unpaired) electrons. The molecule has 0 fully saturated rings. The summed E-state index contributed by atoms with van der Waals surface area (Å²) in [6.07, 6.45) is 19.6. The van der Waals surface area contributed by atoms with Crippen LogP contribution in [0.3, 0.4) is 0 Å². The fraction of sp³-hybridized carbons (Fsp3) is 0.727. The number of nitrogens with zero attached hydrogens (tertiary/aromatic N) is 3. The molecule has 0 amide bonds. The van der Waals surface area contributed by atoms with E-state index in [4.69, 9.17) is 0 Å². The third kappa shape index (κ3) is 8.02. The highest BCUT2D eigenvalue weighted by molar-refractivity contribution is 5.73. The van der Waals surface area contributed by atoms with Gasteiger partial charge in [-0.05, 0) is 18.6 Å². The van der Waals surface area contributed by atoms with E-state index >= 15 is 0 Å². The molecule has 2 aromatic rings. The normalized spacial score (nSPS) is 11.4. The predicted molar refractivity (Wildman–Crippen MR) is 108 cm³/mol. The Morgan fingerprint density at radius 3 is 1.80 bits per heavy atom. The molecular weight excluding hydrogens is 306 g/mol. The van der Waals surface area contributed by atoms with Gasteiger partial charge in [-0.15, -0.1) is 5.10 Å². The highest BCUT2D eigenvalue weighted by Crippen LogP contribution is 2.14. The van der Waals surface area contributed by atoms with E-state index in [0.29, 0.717) is 0 Å². The Hall–Kier alpha value is -1.38. The van der Waals surface area contributed by atoms with Crippen molar-refractivity contribution in [3.8, 4) is 0 Å². The first kappa shape index (κ1) is 19.9. The number of aryl methyl sites for hydroxylation is 1. The molecule has 140 valence electrons. The van der Waals surface area contributed by atoms with Gasteiger partial charge >= 0.3 is 0 Å². The summed E-state index contributed by atoms with van der Waals surface area (Å²) in [5.74, 6) is 0. The molecule has 0 N–H and O–H groups in total. The summed E-state index contributed by atoms with van der Waals surface area (Å²) >= 11 is 0. The van der Waals surface area contributed by atoms with E-state index in [0.717, 1.165) is 17.6 Å². The van der Waals surface area contributed by atoms with Crippen molar-refractivity contribution in [1.29, 1.82) is 0 Å². The molecule has 0 atom stereocenters. The van der Waals surface area contributed by atoms with Crippen LogP contribution in [0.1, 0.15) is 96.8 Å². The third-order valence-corrected chi connectivity index (χ3v) is 5.14. The van der Waals surface area contributed by atoms with Crippen molar-refractivity contribution in [2.24, 2.45) is 0 Å². The molecule has 3 heteroatoms. The van der Waals surface area contributed by atoms with E-state index in [1.807, 2.05) is 12.1 Å². The smallest absolute Gasteiger partial charge is 0.113 e. The SMILES string of the molecule is CCCCCCCCCCCCCCCCn1nnc2ccccc21. The summed E-state index contributed by atoms with van der Waals surface area (Å²) in [6, 6.07) is 8.23. The molecule has 0 aliphatic heterocycles. The lowest BCUT2D eigenvalue weighted by molar-refractivity contribution is 0.510. The summed E-state index contributed by atoms with van der Waals surface area (Å²) in [7, 11) is 0. The molecule has 0 saturated carbocycles. The maximum Gasteiger partial charge on any atom is 0.113 e. The fourth-order valence-electron chi connectivity index (χ4n) is 3.54. The van der Waals surface area contributed by atoms with Gasteiger partial charge in [-0.25, -0.2) is 4.68 Å². The molecular formula is C22H37N3. The molecule has 2 rings (SSSR count). The maximum absolute atomic E-state index is 4.26. The van der Waals surface area contributed by atoms with Crippen LogP contribution < -0.4 is 0 Å². The van der Waals surface area contributed by atoms with Gasteiger partial charge in [0.15, 0.2) is 0 Å². The standard InChI is InChI=1S/C22H37N3/c1-2-3-4-5-6-7-8-9-10-11-12-13-14-17-20-25-22-19-16-15-18-21(22)23-24-25/h15-16,18-19H,2-14,17,20H2,1H3. The Kier molecular flexibility index (Phi) is 10.3. The second-order valence-electron chi connectivity index (χ2n) is 7.40. The van der Waals surface area contributed by atoms with Gasteiger partial charge in [-0.3, -0.25) is 0 Å². The van der Waals surface area contributed by atoms with Gasteiger partial charge in [0.2, 0.25) is 0 Å². The van der Waals surface area contributed by atoms with Gasteiger partial charge in [-0.1, -0.05) is 108 Å². The average Bonchev–Trinajstić information content (AvgIpc) is 3.05. The van der Waals surface area contributed by atoms with Crippen molar-refractivity contribution in [3.05, 3.63) is 24.3 Å². The van der Waals surface area contributed by atoms with Crippen LogP contribution in [0.5, 0.6) is 0 Å². The van der Waals surface area contributed by atoms with Crippen molar-refractivity contribution in [3.63, 3.8) is 0 Å². The van der Waals surface area contributed by atoms with Crippen LogP contribution >= 0.6 is 0 Å². The Balaban J connectivity index is 1.38. The van der Waals surface area contributed by atoms with Crippen molar-refractivity contribution in [2.45, 2.75) is 103 Å². The zero-order chi connectivity index (χ0) is 17.6. The predicted octanol–water partition coefficient (Wildman–Crippen LogP) is 6.91. The average molecular weight is 344 g/mol. The molecule has 1 aromatic heterocycles. The number of hydrogen-bond donors (Lipinski definition) is 0. The van der Waals surface area contributed by atoms with Crippen LogP contribution in [0, 0.1) is 0 Å². The van der Waals surface area contributed by atoms with Gasteiger partial charge < -0.3 is 0 Å². The number of hydrogen-bond acceptors (Lipinski definition) is 2. The summed E-state index contributed by atoms with van der Waals surface area (Å²) in [6.45, 7) is 3.29. The second-order valence-corrected chi connectivity index (χ2v) is 7.40.